The second-order valence-electron chi connectivity index (χ2n) is 8.23. The van der Waals surface area contributed by atoms with Crippen LogP contribution in [0.25, 0.3) is 0 Å². The Balaban J connectivity index is 1.94. The molecule has 0 spiro atoms. The lowest BCUT2D eigenvalue weighted by molar-refractivity contribution is -0.234. The van der Waals surface area contributed by atoms with E-state index in [0.29, 0.717) is 29.4 Å². The molecule has 0 saturated carbocycles. The maximum Gasteiger partial charge on any atom is 0.127 e. The molecule has 7 nitrogen and oxygen atoms in total. The minimum absolute atomic E-state index is 0.0168. The van der Waals surface area contributed by atoms with E-state index < -0.39 is 30.5 Å². The highest BCUT2D eigenvalue weighted by Crippen LogP contribution is 2.40. The van der Waals surface area contributed by atoms with Gasteiger partial charge in [0, 0.05) is 10.6 Å². The van der Waals surface area contributed by atoms with E-state index in [-0.39, 0.29) is 19.8 Å². The SMILES string of the molecule is C=CCOCC1OC(c2cc(Cc3ccc(OCC)cc3)c(Cl)cc2OCC=C)C(O)C(O)C1O. The maximum absolute atomic E-state index is 10.8. The van der Waals surface area contributed by atoms with Crippen molar-refractivity contribution in [2.24, 2.45) is 0 Å². The third-order valence-corrected chi connectivity index (χ3v) is 6.05. The van der Waals surface area contributed by atoms with E-state index >= 15 is 0 Å². The van der Waals surface area contributed by atoms with Crippen LogP contribution < -0.4 is 9.47 Å². The summed E-state index contributed by atoms with van der Waals surface area (Å²) >= 11 is 6.60. The molecule has 3 N–H and O–H groups in total. The lowest BCUT2D eigenvalue weighted by Gasteiger charge is -2.41. The van der Waals surface area contributed by atoms with Crippen LogP contribution in [0.4, 0.5) is 0 Å². The number of halogens is 1. The van der Waals surface area contributed by atoms with Gasteiger partial charge in [0.25, 0.3) is 0 Å². The molecular formula is C27H33ClO7. The summed E-state index contributed by atoms with van der Waals surface area (Å²) in [4.78, 5) is 0. The van der Waals surface area contributed by atoms with Gasteiger partial charge in [0.2, 0.25) is 0 Å². The van der Waals surface area contributed by atoms with Crippen molar-refractivity contribution in [2.45, 2.75) is 43.9 Å². The van der Waals surface area contributed by atoms with Gasteiger partial charge in [0.1, 0.15) is 48.6 Å². The number of aliphatic hydroxyl groups excluding tert-OH is 3. The Morgan fingerprint density at radius 3 is 2.34 bits per heavy atom. The minimum Gasteiger partial charge on any atom is -0.494 e. The lowest BCUT2D eigenvalue weighted by Crippen LogP contribution is -2.55. The topological polar surface area (TPSA) is 97.6 Å². The third kappa shape index (κ3) is 6.85. The predicted octanol–water partition coefficient (Wildman–Crippen LogP) is 3.62. The highest BCUT2D eigenvalue weighted by Gasteiger charge is 2.45. The summed E-state index contributed by atoms with van der Waals surface area (Å²) in [6.45, 7) is 10.3. The van der Waals surface area contributed by atoms with Crippen LogP contribution in [-0.4, -0.2) is 66.2 Å². The molecule has 8 heteroatoms. The first-order chi connectivity index (χ1) is 16.9. The molecule has 2 aromatic carbocycles. The lowest BCUT2D eigenvalue weighted by atomic mass is 9.89. The van der Waals surface area contributed by atoms with Crippen molar-refractivity contribution in [3.05, 3.63) is 83.4 Å². The van der Waals surface area contributed by atoms with Crippen molar-refractivity contribution in [2.75, 3.05) is 26.4 Å². The van der Waals surface area contributed by atoms with Crippen LogP contribution in [0.3, 0.4) is 0 Å². The largest absolute Gasteiger partial charge is 0.494 e. The minimum atomic E-state index is -1.44. The molecule has 2 aromatic rings. The van der Waals surface area contributed by atoms with Crippen LogP contribution in [0.15, 0.2) is 61.7 Å². The molecule has 0 aliphatic carbocycles. The van der Waals surface area contributed by atoms with Gasteiger partial charge in [-0.1, -0.05) is 42.5 Å². The highest BCUT2D eigenvalue weighted by atomic mass is 35.5. The highest BCUT2D eigenvalue weighted by molar-refractivity contribution is 6.31. The summed E-state index contributed by atoms with van der Waals surface area (Å²) in [5.74, 6) is 1.18. The van der Waals surface area contributed by atoms with Crippen LogP contribution in [0.1, 0.15) is 29.7 Å². The van der Waals surface area contributed by atoms with Crippen molar-refractivity contribution in [3.63, 3.8) is 0 Å². The molecule has 0 aromatic heterocycles. The molecule has 1 fully saturated rings. The molecule has 0 bridgehead atoms. The summed E-state index contributed by atoms with van der Waals surface area (Å²) in [7, 11) is 0. The van der Waals surface area contributed by atoms with Gasteiger partial charge >= 0.3 is 0 Å². The first-order valence-corrected chi connectivity index (χ1v) is 11.9. The van der Waals surface area contributed by atoms with Gasteiger partial charge in [0.15, 0.2) is 0 Å². The van der Waals surface area contributed by atoms with E-state index in [9.17, 15) is 15.3 Å². The Labute approximate surface area is 211 Å². The fourth-order valence-corrected chi connectivity index (χ4v) is 4.17. The number of rotatable bonds is 12. The van der Waals surface area contributed by atoms with Crippen molar-refractivity contribution in [3.8, 4) is 11.5 Å². The molecule has 35 heavy (non-hydrogen) atoms. The van der Waals surface area contributed by atoms with E-state index in [2.05, 4.69) is 13.2 Å². The zero-order chi connectivity index (χ0) is 25.4. The number of benzene rings is 2. The zero-order valence-corrected chi connectivity index (χ0v) is 20.6. The standard InChI is InChI=1S/C27H33ClO7/c1-4-11-32-16-23-24(29)25(30)26(31)27(35-23)20-14-18(21(28)15-22(20)34-12-5-2)13-17-7-9-19(10-8-17)33-6-3/h4-5,7-10,14-15,23-27,29-31H,1-2,6,11-13,16H2,3H3. The molecule has 0 radical (unpaired) electrons. The Morgan fingerprint density at radius 1 is 0.971 bits per heavy atom. The van der Waals surface area contributed by atoms with Crippen LogP contribution in [0.2, 0.25) is 5.02 Å². The zero-order valence-electron chi connectivity index (χ0n) is 19.8. The summed E-state index contributed by atoms with van der Waals surface area (Å²) in [5, 5.41) is 32.3. The Hall–Kier alpha value is -2.39. The van der Waals surface area contributed by atoms with E-state index in [4.69, 9.17) is 30.5 Å². The van der Waals surface area contributed by atoms with E-state index in [1.165, 1.54) is 0 Å². The Kier molecular flexibility index (Phi) is 10.2. The average molecular weight is 505 g/mol. The van der Waals surface area contributed by atoms with Crippen molar-refractivity contribution in [1.29, 1.82) is 0 Å². The first-order valence-electron chi connectivity index (χ1n) is 11.6. The first kappa shape index (κ1) is 27.2. The second-order valence-corrected chi connectivity index (χ2v) is 8.64. The van der Waals surface area contributed by atoms with Crippen molar-refractivity contribution >= 4 is 11.6 Å². The third-order valence-electron chi connectivity index (χ3n) is 5.70. The number of hydrogen-bond donors (Lipinski definition) is 3. The Morgan fingerprint density at radius 2 is 1.69 bits per heavy atom. The molecule has 1 aliphatic rings. The fraction of sp³-hybridized carbons (Fsp3) is 0.407. The van der Waals surface area contributed by atoms with Crippen molar-refractivity contribution < 1.29 is 34.3 Å². The molecular weight excluding hydrogens is 472 g/mol. The normalized spacial score (nSPS) is 24.1. The van der Waals surface area contributed by atoms with Crippen LogP contribution >= 0.6 is 11.6 Å². The fourth-order valence-electron chi connectivity index (χ4n) is 3.95. The van der Waals surface area contributed by atoms with E-state index in [1.54, 1.807) is 24.3 Å². The number of ether oxygens (including phenoxy) is 4. The van der Waals surface area contributed by atoms with Gasteiger partial charge in [-0.2, -0.15) is 0 Å². The van der Waals surface area contributed by atoms with E-state index in [1.807, 2.05) is 31.2 Å². The molecule has 5 atom stereocenters. The number of hydrogen-bond acceptors (Lipinski definition) is 7. The van der Waals surface area contributed by atoms with E-state index in [0.717, 1.165) is 16.9 Å². The summed E-state index contributed by atoms with van der Waals surface area (Å²) in [5.41, 5.74) is 2.30. The summed E-state index contributed by atoms with van der Waals surface area (Å²) < 4.78 is 22.8. The average Bonchev–Trinajstić information content (AvgIpc) is 2.85. The predicted molar refractivity (Wildman–Crippen MR) is 134 cm³/mol. The van der Waals surface area contributed by atoms with Gasteiger partial charge in [0.05, 0.1) is 19.8 Å². The van der Waals surface area contributed by atoms with Crippen LogP contribution in [-0.2, 0) is 15.9 Å². The summed E-state index contributed by atoms with van der Waals surface area (Å²) in [6.07, 6.45) is -2.33. The molecule has 190 valence electrons. The van der Waals surface area contributed by atoms with Gasteiger partial charge < -0.3 is 34.3 Å². The molecule has 0 amide bonds. The van der Waals surface area contributed by atoms with Gasteiger partial charge in [-0.15, -0.1) is 6.58 Å². The van der Waals surface area contributed by atoms with Gasteiger partial charge in [-0.05, 0) is 48.7 Å². The van der Waals surface area contributed by atoms with Gasteiger partial charge in [-0.25, -0.2) is 0 Å². The second kappa shape index (κ2) is 13.1. The van der Waals surface area contributed by atoms with Crippen LogP contribution in [0.5, 0.6) is 11.5 Å². The molecule has 1 saturated heterocycles. The van der Waals surface area contributed by atoms with Crippen molar-refractivity contribution in [1.82, 2.24) is 0 Å². The smallest absolute Gasteiger partial charge is 0.127 e. The Bertz CT molecular complexity index is 978. The molecule has 1 heterocycles. The molecule has 5 unspecified atom stereocenters. The summed E-state index contributed by atoms with van der Waals surface area (Å²) in [6, 6.07) is 11.2. The number of aliphatic hydroxyl groups is 3. The molecule has 1 aliphatic heterocycles. The molecule has 3 rings (SSSR count). The monoisotopic (exact) mass is 504 g/mol. The van der Waals surface area contributed by atoms with Crippen LogP contribution in [0, 0.1) is 0 Å². The maximum atomic E-state index is 10.8. The van der Waals surface area contributed by atoms with Gasteiger partial charge in [-0.3, -0.25) is 0 Å². The quantitative estimate of drug-likeness (QED) is 0.300.